The van der Waals surface area contributed by atoms with Crippen LogP contribution in [0.4, 0.5) is 10.5 Å². The van der Waals surface area contributed by atoms with E-state index in [2.05, 4.69) is 64.9 Å². The largest absolute Gasteiger partial charge is 0.412 e. The number of amides is 1. The van der Waals surface area contributed by atoms with Gasteiger partial charge in [0, 0.05) is 24.2 Å². The van der Waals surface area contributed by atoms with Gasteiger partial charge in [-0.05, 0) is 61.1 Å². The van der Waals surface area contributed by atoms with Gasteiger partial charge in [0.15, 0.2) is 0 Å². The second-order valence-electron chi connectivity index (χ2n) is 9.59. The molecule has 5 nitrogen and oxygen atoms in total. The third-order valence-corrected chi connectivity index (χ3v) is 7.46. The van der Waals surface area contributed by atoms with Crippen LogP contribution in [0.15, 0.2) is 48.5 Å². The Bertz CT molecular complexity index is 926. The summed E-state index contributed by atoms with van der Waals surface area (Å²) in [6.07, 6.45) is 7.30. The van der Waals surface area contributed by atoms with E-state index in [0.717, 1.165) is 26.1 Å². The number of ether oxygens (including phenoxy) is 1. The summed E-state index contributed by atoms with van der Waals surface area (Å²) in [5.74, 6) is 1.23. The van der Waals surface area contributed by atoms with E-state index in [1.165, 1.54) is 48.9 Å². The molecule has 0 radical (unpaired) electrons. The summed E-state index contributed by atoms with van der Waals surface area (Å²) in [6, 6.07) is 16.7. The fraction of sp³-hybridized carbons (Fsp3) is 0.500. The molecule has 2 atom stereocenters. The Morgan fingerprint density at radius 2 is 1.97 bits per heavy atom. The monoisotopic (exact) mass is 419 g/mol. The first-order valence-electron chi connectivity index (χ1n) is 11.8. The van der Waals surface area contributed by atoms with Crippen molar-refractivity contribution in [3.05, 3.63) is 59.7 Å². The molecule has 1 saturated carbocycles. The molecule has 0 aromatic heterocycles. The zero-order valence-corrected chi connectivity index (χ0v) is 18.4. The third kappa shape index (κ3) is 4.03. The zero-order valence-electron chi connectivity index (χ0n) is 18.4. The quantitative estimate of drug-likeness (QED) is 0.720. The Kier molecular flexibility index (Phi) is 5.61. The maximum absolute atomic E-state index is 12.4. The van der Waals surface area contributed by atoms with Crippen molar-refractivity contribution < 1.29 is 9.53 Å². The van der Waals surface area contributed by atoms with Crippen LogP contribution in [0.3, 0.4) is 0 Å². The van der Waals surface area contributed by atoms with Gasteiger partial charge in [0.1, 0.15) is 5.75 Å². The highest BCUT2D eigenvalue weighted by Crippen LogP contribution is 2.50. The number of anilines is 1. The fourth-order valence-corrected chi connectivity index (χ4v) is 5.71. The maximum atomic E-state index is 12.4. The second-order valence-corrected chi connectivity index (χ2v) is 9.59. The molecule has 2 aromatic rings. The SMILES string of the molecule is C[C@@]12CCNC1N(Cc1ccccc1)c1ccc(OC(=O)NCC3CCCCC3)cc12. The molecule has 1 unspecified atom stereocenters. The van der Waals surface area contributed by atoms with Gasteiger partial charge in [0.2, 0.25) is 0 Å². The Balaban J connectivity index is 1.31. The summed E-state index contributed by atoms with van der Waals surface area (Å²) in [6.45, 7) is 4.91. The number of nitrogens with zero attached hydrogens (tertiary/aromatic N) is 1. The van der Waals surface area contributed by atoms with E-state index in [-0.39, 0.29) is 17.7 Å². The number of hydrogen-bond acceptors (Lipinski definition) is 4. The molecular formula is C26H33N3O2. The molecule has 1 aliphatic carbocycles. The fourth-order valence-electron chi connectivity index (χ4n) is 5.71. The van der Waals surface area contributed by atoms with Gasteiger partial charge in [0.05, 0.1) is 6.17 Å². The molecule has 31 heavy (non-hydrogen) atoms. The highest BCUT2D eigenvalue weighted by molar-refractivity contribution is 5.72. The summed E-state index contributed by atoms with van der Waals surface area (Å²) in [7, 11) is 0. The minimum absolute atomic E-state index is 0.0159. The lowest BCUT2D eigenvalue weighted by Gasteiger charge is -2.31. The van der Waals surface area contributed by atoms with Crippen molar-refractivity contribution in [1.82, 2.24) is 10.6 Å². The Hall–Kier alpha value is -2.53. The molecule has 2 aromatic carbocycles. The van der Waals surface area contributed by atoms with Crippen LogP contribution in [0.25, 0.3) is 0 Å². The van der Waals surface area contributed by atoms with Crippen molar-refractivity contribution in [3.63, 3.8) is 0 Å². The number of hydrogen-bond donors (Lipinski definition) is 2. The summed E-state index contributed by atoms with van der Waals surface area (Å²) in [5.41, 5.74) is 3.82. The zero-order chi connectivity index (χ0) is 21.3. The summed E-state index contributed by atoms with van der Waals surface area (Å²) in [4.78, 5) is 14.9. The molecule has 3 aliphatic rings. The third-order valence-electron chi connectivity index (χ3n) is 7.46. The van der Waals surface area contributed by atoms with E-state index in [9.17, 15) is 4.79 Å². The number of fused-ring (bicyclic) bond motifs is 3. The van der Waals surface area contributed by atoms with Gasteiger partial charge < -0.3 is 15.0 Å². The first kappa shape index (κ1) is 20.4. The number of carbonyl (C=O) groups excluding carboxylic acids is 1. The van der Waals surface area contributed by atoms with Crippen molar-refractivity contribution in [1.29, 1.82) is 0 Å². The van der Waals surface area contributed by atoms with E-state index in [1.54, 1.807) is 0 Å². The average molecular weight is 420 g/mol. The topological polar surface area (TPSA) is 53.6 Å². The molecule has 2 heterocycles. The normalized spacial score (nSPS) is 25.2. The van der Waals surface area contributed by atoms with Gasteiger partial charge in [-0.15, -0.1) is 0 Å². The minimum atomic E-state index is -0.337. The van der Waals surface area contributed by atoms with E-state index in [1.807, 2.05) is 6.07 Å². The summed E-state index contributed by atoms with van der Waals surface area (Å²) >= 11 is 0. The predicted molar refractivity (Wildman–Crippen MR) is 123 cm³/mol. The number of rotatable bonds is 5. The molecule has 5 heteroatoms. The van der Waals surface area contributed by atoms with Gasteiger partial charge in [0.25, 0.3) is 0 Å². The molecule has 0 spiro atoms. The van der Waals surface area contributed by atoms with Crippen molar-refractivity contribution >= 4 is 11.8 Å². The summed E-state index contributed by atoms with van der Waals surface area (Å²) in [5, 5.41) is 6.68. The highest BCUT2D eigenvalue weighted by Gasteiger charge is 2.50. The minimum Gasteiger partial charge on any atom is -0.410 e. The van der Waals surface area contributed by atoms with E-state index < -0.39 is 0 Å². The van der Waals surface area contributed by atoms with Crippen LogP contribution in [-0.4, -0.2) is 25.3 Å². The lowest BCUT2D eigenvalue weighted by molar-refractivity contribution is 0.196. The van der Waals surface area contributed by atoms with Gasteiger partial charge in [-0.3, -0.25) is 5.32 Å². The van der Waals surface area contributed by atoms with Crippen LogP contribution in [0.1, 0.15) is 56.6 Å². The Morgan fingerprint density at radius 1 is 1.16 bits per heavy atom. The van der Waals surface area contributed by atoms with Gasteiger partial charge >= 0.3 is 6.09 Å². The van der Waals surface area contributed by atoms with E-state index >= 15 is 0 Å². The maximum Gasteiger partial charge on any atom is 0.412 e. The van der Waals surface area contributed by atoms with Crippen molar-refractivity contribution in [2.45, 2.75) is 63.6 Å². The molecule has 1 amide bonds. The molecule has 5 rings (SSSR count). The molecule has 164 valence electrons. The van der Waals surface area contributed by atoms with Gasteiger partial charge in [-0.2, -0.15) is 0 Å². The summed E-state index contributed by atoms with van der Waals surface area (Å²) < 4.78 is 5.69. The first-order chi connectivity index (χ1) is 15.1. The van der Waals surface area contributed by atoms with Crippen LogP contribution in [-0.2, 0) is 12.0 Å². The van der Waals surface area contributed by atoms with Crippen LogP contribution < -0.4 is 20.3 Å². The lowest BCUT2D eigenvalue weighted by Crippen LogP contribution is -2.46. The molecule has 2 N–H and O–H groups in total. The predicted octanol–water partition coefficient (Wildman–Crippen LogP) is 4.95. The van der Waals surface area contributed by atoms with Crippen molar-refractivity contribution in [2.75, 3.05) is 18.0 Å². The molecule has 2 fully saturated rings. The van der Waals surface area contributed by atoms with Crippen molar-refractivity contribution in [2.24, 2.45) is 5.92 Å². The van der Waals surface area contributed by atoms with E-state index in [4.69, 9.17) is 4.74 Å². The van der Waals surface area contributed by atoms with Crippen LogP contribution in [0.5, 0.6) is 5.75 Å². The molecular weight excluding hydrogens is 386 g/mol. The van der Waals surface area contributed by atoms with Crippen LogP contribution in [0.2, 0.25) is 0 Å². The Morgan fingerprint density at radius 3 is 2.77 bits per heavy atom. The molecule has 1 saturated heterocycles. The highest BCUT2D eigenvalue weighted by atomic mass is 16.6. The van der Waals surface area contributed by atoms with Crippen molar-refractivity contribution in [3.8, 4) is 5.75 Å². The van der Waals surface area contributed by atoms with Crippen LogP contribution in [0, 0.1) is 5.92 Å². The first-order valence-corrected chi connectivity index (χ1v) is 11.8. The number of benzene rings is 2. The number of carbonyl (C=O) groups is 1. The van der Waals surface area contributed by atoms with E-state index in [0.29, 0.717) is 11.7 Å². The van der Waals surface area contributed by atoms with Crippen LogP contribution >= 0.6 is 0 Å². The van der Waals surface area contributed by atoms with Gasteiger partial charge in [-0.1, -0.05) is 56.5 Å². The molecule has 0 bridgehead atoms. The number of nitrogens with one attached hydrogen (secondary N) is 2. The average Bonchev–Trinajstić information content (AvgIpc) is 3.29. The lowest BCUT2D eigenvalue weighted by atomic mass is 9.81. The smallest absolute Gasteiger partial charge is 0.410 e. The van der Waals surface area contributed by atoms with Gasteiger partial charge in [-0.25, -0.2) is 4.79 Å². The molecule has 2 aliphatic heterocycles. The standard InChI is InChI=1S/C26H33N3O2/c1-26-14-15-27-24(26)29(18-20-10-6-3-7-11-20)23-13-12-21(16-22(23)26)31-25(30)28-17-19-8-4-2-5-9-19/h3,6-7,10-13,16,19,24,27H,2,4-5,8-9,14-15,17-18H2,1H3,(H,28,30)/t24?,26-/m0/s1. The second kappa shape index (κ2) is 8.54. The Labute approximate surface area is 185 Å².